The van der Waals surface area contributed by atoms with Crippen LogP contribution in [0.5, 0.6) is 0 Å². The lowest BCUT2D eigenvalue weighted by atomic mass is 9.50. The molecule has 0 aromatic carbocycles. The number of aliphatic hydroxyl groups is 3. The summed E-state index contributed by atoms with van der Waals surface area (Å²) in [6.45, 7) is 13.4. The maximum Gasteiger partial charge on any atom is 0.225 e. The molecule has 2 heterocycles. The van der Waals surface area contributed by atoms with Crippen LogP contribution in [0.15, 0.2) is 35.3 Å². The smallest absolute Gasteiger partial charge is 0.225 e. The van der Waals surface area contributed by atoms with Gasteiger partial charge in [-0.25, -0.2) is 0 Å². The molecule has 188 valence electrons. The fourth-order valence-electron chi connectivity index (χ4n) is 6.45. The molecule has 7 heteroatoms. The van der Waals surface area contributed by atoms with Crippen LogP contribution in [-0.2, 0) is 14.2 Å². The highest BCUT2D eigenvalue weighted by Crippen LogP contribution is 2.58. The van der Waals surface area contributed by atoms with Gasteiger partial charge in [-0.3, -0.25) is 0 Å². The molecule has 1 saturated carbocycles. The molecular formula is C26H43NO6. The second-order valence-corrected chi connectivity index (χ2v) is 9.90. The van der Waals surface area contributed by atoms with Crippen LogP contribution in [0.3, 0.4) is 0 Å². The third-order valence-corrected chi connectivity index (χ3v) is 8.17. The van der Waals surface area contributed by atoms with Crippen molar-refractivity contribution in [3.8, 4) is 0 Å². The van der Waals surface area contributed by atoms with Gasteiger partial charge in [0.2, 0.25) is 6.29 Å². The van der Waals surface area contributed by atoms with E-state index >= 15 is 0 Å². The topological polar surface area (TPSA) is 100 Å². The minimum atomic E-state index is -0.931. The molecule has 0 spiro atoms. The van der Waals surface area contributed by atoms with Crippen molar-refractivity contribution in [3.63, 3.8) is 0 Å². The molecular weight excluding hydrogens is 422 g/mol. The van der Waals surface area contributed by atoms with Crippen molar-refractivity contribution in [2.45, 2.75) is 90.4 Å². The first-order valence-corrected chi connectivity index (χ1v) is 12.4. The normalized spacial score (nSPS) is 40.8. The largest absolute Gasteiger partial charge is 0.493 e. The fraction of sp³-hybridized carbons (Fsp3) is 0.769. The second-order valence-electron chi connectivity index (χ2n) is 9.90. The van der Waals surface area contributed by atoms with Crippen LogP contribution in [0.25, 0.3) is 0 Å². The van der Waals surface area contributed by atoms with Crippen molar-refractivity contribution in [1.29, 1.82) is 0 Å². The van der Waals surface area contributed by atoms with Crippen LogP contribution in [-0.4, -0.2) is 66.2 Å². The Morgan fingerprint density at radius 2 is 1.94 bits per heavy atom. The van der Waals surface area contributed by atoms with E-state index in [1.807, 2.05) is 13.0 Å². The Balaban J connectivity index is 2.14. The number of hydrogen-bond donors (Lipinski definition) is 4. The summed E-state index contributed by atoms with van der Waals surface area (Å²) in [5.74, 6) is 1.49. The van der Waals surface area contributed by atoms with Crippen LogP contribution in [0.2, 0.25) is 0 Å². The highest BCUT2D eigenvalue weighted by molar-refractivity contribution is 5.45. The van der Waals surface area contributed by atoms with Crippen LogP contribution in [0, 0.1) is 17.3 Å². The summed E-state index contributed by atoms with van der Waals surface area (Å²) in [4.78, 5) is 0. The summed E-state index contributed by atoms with van der Waals surface area (Å²) in [7, 11) is 1.64. The molecule has 2 aliphatic heterocycles. The van der Waals surface area contributed by atoms with E-state index in [-0.39, 0.29) is 24.4 Å². The summed E-state index contributed by atoms with van der Waals surface area (Å²) in [5.41, 5.74) is 1.82. The SMILES string of the molecule is C=C/C(CC)=C(\C(OC)=C(/C)OC1OCC(O)CC1O)C12CCNC(C)C1CCC(O)C2C. The zero-order valence-corrected chi connectivity index (χ0v) is 20.8. The van der Waals surface area contributed by atoms with E-state index in [9.17, 15) is 15.3 Å². The van der Waals surface area contributed by atoms with Gasteiger partial charge in [0.05, 0.1) is 25.9 Å². The average molecular weight is 466 g/mol. The minimum Gasteiger partial charge on any atom is -0.493 e. The standard InChI is InChI=1S/C26H43NO6/c1-7-18(8-2)23(24(31-6)17(5)33-25-22(30)13-19(28)14-32-25)26-11-12-27-16(4)20(26)9-10-21(29)15(26)3/h7,15-16,19-22,25,27-30H,1,8-14H2,2-6H3/b23-18-,24-17-. The third-order valence-electron chi connectivity index (χ3n) is 8.17. The minimum absolute atomic E-state index is 0.0296. The van der Waals surface area contributed by atoms with E-state index < -0.39 is 24.6 Å². The molecule has 0 radical (unpaired) electrons. The monoisotopic (exact) mass is 465 g/mol. The van der Waals surface area contributed by atoms with E-state index in [4.69, 9.17) is 14.2 Å². The van der Waals surface area contributed by atoms with Gasteiger partial charge in [0.15, 0.2) is 5.76 Å². The fourth-order valence-corrected chi connectivity index (χ4v) is 6.45. The summed E-state index contributed by atoms with van der Waals surface area (Å²) in [5, 5.41) is 34.8. The molecule has 7 nitrogen and oxygen atoms in total. The van der Waals surface area contributed by atoms with Gasteiger partial charge in [-0.2, -0.15) is 0 Å². The molecule has 3 aliphatic rings. The molecule has 2 saturated heterocycles. The average Bonchev–Trinajstić information content (AvgIpc) is 2.79. The number of piperidine rings is 1. The van der Waals surface area contributed by atoms with E-state index in [1.54, 1.807) is 7.11 Å². The van der Waals surface area contributed by atoms with Gasteiger partial charge in [0, 0.05) is 23.5 Å². The predicted octanol–water partition coefficient (Wildman–Crippen LogP) is 3.02. The number of aliphatic hydroxyl groups excluding tert-OH is 3. The Kier molecular flexibility index (Phi) is 8.67. The lowest BCUT2D eigenvalue weighted by molar-refractivity contribution is -0.221. The number of fused-ring (bicyclic) bond motifs is 1. The Bertz CT molecular complexity index is 764. The Labute approximate surface area is 198 Å². The highest BCUT2D eigenvalue weighted by Gasteiger charge is 2.56. The van der Waals surface area contributed by atoms with Crippen molar-refractivity contribution in [1.82, 2.24) is 5.32 Å². The van der Waals surface area contributed by atoms with E-state index in [0.717, 1.165) is 43.4 Å². The van der Waals surface area contributed by atoms with Crippen LogP contribution >= 0.6 is 0 Å². The zero-order valence-electron chi connectivity index (χ0n) is 20.8. The zero-order chi connectivity index (χ0) is 24.3. The van der Waals surface area contributed by atoms with Gasteiger partial charge in [0.25, 0.3) is 0 Å². The molecule has 0 aromatic rings. The first kappa shape index (κ1) is 26.2. The van der Waals surface area contributed by atoms with Gasteiger partial charge in [-0.05, 0) is 63.5 Å². The number of hydrogen-bond acceptors (Lipinski definition) is 7. The lowest BCUT2D eigenvalue weighted by Gasteiger charge is -2.57. The Hall–Kier alpha value is -1.38. The summed E-state index contributed by atoms with van der Waals surface area (Å²) >= 11 is 0. The van der Waals surface area contributed by atoms with Gasteiger partial charge in [-0.1, -0.05) is 26.5 Å². The number of ether oxygens (including phenoxy) is 3. The summed E-state index contributed by atoms with van der Waals surface area (Å²) in [6.07, 6.45) is 2.56. The molecule has 3 rings (SSSR count). The summed E-state index contributed by atoms with van der Waals surface area (Å²) in [6, 6.07) is 0.302. The molecule has 33 heavy (non-hydrogen) atoms. The van der Waals surface area contributed by atoms with Gasteiger partial charge >= 0.3 is 0 Å². The van der Waals surface area contributed by atoms with E-state index in [1.165, 1.54) is 0 Å². The molecule has 1 aliphatic carbocycles. The van der Waals surface area contributed by atoms with E-state index in [2.05, 4.69) is 32.7 Å². The lowest BCUT2D eigenvalue weighted by Crippen LogP contribution is -2.59. The summed E-state index contributed by atoms with van der Waals surface area (Å²) < 4.78 is 17.7. The van der Waals surface area contributed by atoms with Crippen molar-refractivity contribution in [2.75, 3.05) is 20.3 Å². The predicted molar refractivity (Wildman–Crippen MR) is 127 cm³/mol. The second kappa shape index (κ2) is 10.9. The Morgan fingerprint density at radius 3 is 2.55 bits per heavy atom. The molecule has 8 unspecified atom stereocenters. The molecule has 0 bridgehead atoms. The van der Waals surface area contributed by atoms with Crippen molar-refractivity contribution >= 4 is 0 Å². The van der Waals surface area contributed by atoms with Crippen molar-refractivity contribution in [3.05, 3.63) is 35.3 Å². The molecule has 3 fully saturated rings. The van der Waals surface area contributed by atoms with Crippen molar-refractivity contribution in [2.24, 2.45) is 17.3 Å². The third kappa shape index (κ3) is 4.89. The van der Waals surface area contributed by atoms with Crippen LogP contribution in [0.4, 0.5) is 0 Å². The quantitative estimate of drug-likeness (QED) is 0.339. The Morgan fingerprint density at radius 1 is 1.21 bits per heavy atom. The maximum atomic E-state index is 11.0. The first-order valence-electron chi connectivity index (χ1n) is 12.4. The van der Waals surface area contributed by atoms with Crippen molar-refractivity contribution < 1.29 is 29.5 Å². The van der Waals surface area contributed by atoms with Crippen LogP contribution in [0.1, 0.15) is 59.8 Å². The maximum absolute atomic E-state index is 11.0. The van der Waals surface area contributed by atoms with Gasteiger partial charge < -0.3 is 34.8 Å². The highest BCUT2D eigenvalue weighted by atomic mass is 16.7. The number of allylic oxidation sites excluding steroid dienone is 4. The van der Waals surface area contributed by atoms with Crippen LogP contribution < -0.4 is 5.32 Å². The molecule has 0 aromatic heterocycles. The first-order chi connectivity index (χ1) is 15.7. The van der Waals surface area contributed by atoms with Gasteiger partial charge in [-0.15, -0.1) is 0 Å². The number of methoxy groups -OCH3 is 1. The number of nitrogens with one attached hydrogen (secondary N) is 1. The van der Waals surface area contributed by atoms with Gasteiger partial charge in [0.1, 0.15) is 11.9 Å². The number of rotatable bonds is 7. The molecule has 8 atom stereocenters. The molecule has 4 N–H and O–H groups in total. The van der Waals surface area contributed by atoms with E-state index in [0.29, 0.717) is 23.5 Å². The molecule has 0 amide bonds.